The summed E-state index contributed by atoms with van der Waals surface area (Å²) >= 11 is 0. The molecule has 2 amide bonds. The van der Waals surface area contributed by atoms with E-state index in [0.717, 1.165) is 21.6 Å². The summed E-state index contributed by atoms with van der Waals surface area (Å²) in [5, 5.41) is 0. The van der Waals surface area contributed by atoms with Gasteiger partial charge in [-0.15, -0.1) is 0 Å². The van der Waals surface area contributed by atoms with Gasteiger partial charge >= 0.3 is 6.09 Å². The van der Waals surface area contributed by atoms with Crippen molar-refractivity contribution in [2.45, 2.75) is 12.5 Å². The maximum absolute atomic E-state index is 12.8. The predicted octanol–water partition coefficient (Wildman–Crippen LogP) is 2.90. The first-order chi connectivity index (χ1) is 17.0. The van der Waals surface area contributed by atoms with Crippen molar-refractivity contribution in [3.05, 3.63) is 54.1 Å². The molecule has 0 aliphatic carbocycles. The molecule has 0 N–H and O–H groups in total. The van der Waals surface area contributed by atoms with Gasteiger partial charge in [0.05, 0.1) is 26.3 Å². The number of ether oxygens (including phenoxy) is 4. The number of para-hydroxylation sites is 2. The van der Waals surface area contributed by atoms with Gasteiger partial charge in [0.25, 0.3) is 11.9 Å². The van der Waals surface area contributed by atoms with E-state index in [2.05, 4.69) is 4.98 Å². The molecule has 0 bridgehead atoms. The molecule has 1 aliphatic rings. The van der Waals surface area contributed by atoms with E-state index in [1.807, 2.05) is 60.5 Å². The molecule has 10 nitrogen and oxygen atoms in total. The Bertz CT molecular complexity index is 1100. The van der Waals surface area contributed by atoms with Crippen LogP contribution in [0, 0.1) is 0 Å². The van der Waals surface area contributed by atoms with Gasteiger partial charge in [0.15, 0.2) is 5.58 Å². The lowest BCUT2D eigenvalue weighted by atomic mass is 10.1. The van der Waals surface area contributed by atoms with Gasteiger partial charge in [0, 0.05) is 20.6 Å². The van der Waals surface area contributed by atoms with Crippen LogP contribution in [0.2, 0.25) is 0 Å². The van der Waals surface area contributed by atoms with Crippen molar-refractivity contribution in [2.24, 2.45) is 0 Å². The fourth-order valence-electron chi connectivity index (χ4n) is 3.61. The summed E-state index contributed by atoms with van der Waals surface area (Å²) in [5.41, 5.74) is 2.44. The van der Waals surface area contributed by atoms with Crippen LogP contribution >= 0.6 is 0 Å². The van der Waals surface area contributed by atoms with E-state index in [-0.39, 0.29) is 19.8 Å². The van der Waals surface area contributed by atoms with E-state index in [1.165, 1.54) is 0 Å². The second-order valence-corrected chi connectivity index (χ2v) is 8.04. The van der Waals surface area contributed by atoms with Crippen LogP contribution in [0.25, 0.3) is 11.1 Å². The first-order valence-corrected chi connectivity index (χ1v) is 11.4. The molecule has 0 spiro atoms. The standard InChI is InChI=1S/C25H29N3O7/c1-27(24-26-20-5-3-4-6-21(20)35-24)11-13-32-19-9-7-18(8-10-19)17-22(33-16-15-31-2)23(29)28-12-14-34-25(28)30/h3-10,22H,11-17H2,1-2H3. The Morgan fingerprint density at radius 3 is 2.66 bits per heavy atom. The smallest absolute Gasteiger partial charge is 0.416 e. The Hall–Kier alpha value is -3.63. The molecular formula is C25H29N3O7. The lowest BCUT2D eigenvalue weighted by Gasteiger charge is -2.21. The van der Waals surface area contributed by atoms with E-state index >= 15 is 0 Å². The molecular weight excluding hydrogens is 454 g/mol. The average Bonchev–Trinajstić information content (AvgIpc) is 3.50. The van der Waals surface area contributed by atoms with Crippen LogP contribution < -0.4 is 9.64 Å². The number of carbonyl (C=O) groups is 2. The summed E-state index contributed by atoms with van der Waals surface area (Å²) < 4.78 is 27.2. The second kappa shape index (κ2) is 11.7. The van der Waals surface area contributed by atoms with Crippen molar-refractivity contribution in [1.82, 2.24) is 9.88 Å². The van der Waals surface area contributed by atoms with Gasteiger partial charge < -0.3 is 28.3 Å². The summed E-state index contributed by atoms with van der Waals surface area (Å²) in [7, 11) is 3.45. The molecule has 4 rings (SSSR count). The molecule has 1 unspecified atom stereocenters. The maximum Gasteiger partial charge on any atom is 0.416 e. The first-order valence-electron chi connectivity index (χ1n) is 11.4. The number of anilines is 1. The molecule has 2 heterocycles. The minimum absolute atomic E-state index is 0.197. The number of rotatable bonds is 12. The van der Waals surface area contributed by atoms with E-state index in [1.54, 1.807) is 7.11 Å². The molecule has 1 saturated heterocycles. The number of nitrogens with zero attached hydrogens (tertiary/aromatic N) is 3. The highest BCUT2D eigenvalue weighted by Gasteiger charge is 2.34. The van der Waals surface area contributed by atoms with Gasteiger partial charge in [-0.1, -0.05) is 24.3 Å². The van der Waals surface area contributed by atoms with Crippen molar-refractivity contribution in [3.8, 4) is 5.75 Å². The van der Waals surface area contributed by atoms with Crippen molar-refractivity contribution >= 4 is 29.1 Å². The lowest BCUT2D eigenvalue weighted by Crippen LogP contribution is -2.42. The molecule has 1 aromatic heterocycles. The Kier molecular flexibility index (Phi) is 8.17. The van der Waals surface area contributed by atoms with Crippen LogP contribution in [0.4, 0.5) is 10.8 Å². The zero-order valence-electron chi connectivity index (χ0n) is 19.8. The van der Waals surface area contributed by atoms with E-state index in [9.17, 15) is 9.59 Å². The molecule has 186 valence electrons. The van der Waals surface area contributed by atoms with Crippen LogP contribution in [0.3, 0.4) is 0 Å². The zero-order valence-corrected chi connectivity index (χ0v) is 19.8. The summed E-state index contributed by atoms with van der Waals surface area (Å²) in [6, 6.07) is 15.6. The molecule has 10 heteroatoms. The summed E-state index contributed by atoms with van der Waals surface area (Å²) in [6.07, 6.45) is -1.14. The normalized spacial score (nSPS) is 14.2. The first kappa shape index (κ1) is 24.5. The maximum atomic E-state index is 12.8. The summed E-state index contributed by atoms with van der Waals surface area (Å²) in [6.45, 7) is 2.04. The van der Waals surface area contributed by atoms with E-state index in [4.69, 9.17) is 23.4 Å². The van der Waals surface area contributed by atoms with Crippen LogP contribution in [-0.2, 0) is 25.4 Å². The van der Waals surface area contributed by atoms with Crippen molar-refractivity contribution in [3.63, 3.8) is 0 Å². The van der Waals surface area contributed by atoms with Crippen LogP contribution in [0.5, 0.6) is 5.75 Å². The van der Waals surface area contributed by atoms with Gasteiger partial charge in [0.2, 0.25) is 0 Å². The van der Waals surface area contributed by atoms with Crippen molar-refractivity contribution < 1.29 is 33.0 Å². The molecule has 1 fully saturated rings. The number of aromatic nitrogens is 1. The molecule has 1 atom stereocenters. The fraction of sp³-hybridized carbons (Fsp3) is 0.400. The van der Waals surface area contributed by atoms with Crippen LogP contribution in [0.15, 0.2) is 52.9 Å². The van der Waals surface area contributed by atoms with Gasteiger partial charge in [-0.3, -0.25) is 4.79 Å². The number of oxazole rings is 1. The third kappa shape index (κ3) is 6.28. The number of fused-ring (bicyclic) bond motifs is 1. The van der Waals surface area contributed by atoms with E-state index in [0.29, 0.717) is 37.9 Å². The summed E-state index contributed by atoms with van der Waals surface area (Å²) in [5.74, 6) is 0.289. The summed E-state index contributed by atoms with van der Waals surface area (Å²) in [4.78, 5) is 32.1. The Morgan fingerprint density at radius 2 is 1.94 bits per heavy atom. The van der Waals surface area contributed by atoms with Gasteiger partial charge in [-0.2, -0.15) is 4.98 Å². The molecule has 2 aromatic carbocycles. The third-order valence-electron chi connectivity index (χ3n) is 5.56. The van der Waals surface area contributed by atoms with Crippen LogP contribution in [-0.4, -0.2) is 81.7 Å². The number of cyclic esters (lactones) is 1. The quantitative estimate of drug-likeness (QED) is 0.360. The largest absolute Gasteiger partial charge is 0.492 e. The fourth-order valence-corrected chi connectivity index (χ4v) is 3.61. The van der Waals surface area contributed by atoms with E-state index < -0.39 is 18.1 Å². The number of methoxy groups -OCH3 is 1. The number of amides is 2. The van der Waals surface area contributed by atoms with Gasteiger partial charge in [-0.05, 0) is 29.8 Å². The average molecular weight is 484 g/mol. The molecule has 35 heavy (non-hydrogen) atoms. The SMILES string of the molecule is COCCOC(Cc1ccc(OCCN(C)c2nc3ccccc3o2)cc1)C(=O)N1CCOC1=O. The second-order valence-electron chi connectivity index (χ2n) is 8.04. The minimum atomic E-state index is -0.812. The molecule has 3 aromatic rings. The predicted molar refractivity (Wildman–Crippen MR) is 128 cm³/mol. The van der Waals surface area contributed by atoms with Crippen molar-refractivity contribution in [1.29, 1.82) is 0 Å². The number of benzene rings is 2. The third-order valence-corrected chi connectivity index (χ3v) is 5.56. The lowest BCUT2D eigenvalue weighted by molar-refractivity contribution is -0.140. The van der Waals surface area contributed by atoms with Crippen LogP contribution in [0.1, 0.15) is 5.56 Å². The Labute approximate surface area is 203 Å². The number of imide groups is 1. The number of carbonyl (C=O) groups excluding carboxylic acids is 2. The molecule has 1 aliphatic heterocycles. The monoisotopic (exact) mass is 483 g/mol. The number of hydrogen-bond acceptors (Lipinski definition) is 9. The van der Waals surface area contributed by atoms with Gasteiger partial charge in [0.1, 0.15) is 30.6 Å². The zero-order chi connectivity index (χ0) is 24.6. The molecule has 0 radical (unpaired) electrons. The highest BCUT2D eigenvalue weighted by molar-refractivity contribution is 5.95. The highest BCUT2D eigenvalue weighted by Crippen LogP contribution is 2.21. The van der Waals surface area contributed by atoms with Crippen molar-refractivity contribution in [2.75, 3.05) is 58.6 Å². The number of likely N-dealkylation sites (N-methyl/N-ethyl adjacent to an activating group) is 1. The Balaban J connectivity index is 1.30. The minimum Gasteiger partial charge on any atom is -0.492 e. The topological polar surface area (TPSA) is 104 Å². The van der Waals surface area contributed by atoms with Gasteiger partial charge in [-0.25, -0.2) is 9.69 Å². The highest BCUT2D eigenvalue weighted by atomic mass is 16.6. The number of hydrogen-bond donors (Lipinski definition) is 0. The molecule has 0 saturated carbocycles. The Morgan fingerprint density at radius 1 is 1.14 bits per heavy atom.